The minimum Gasteiger partial charge on any atom is -0.330 e. The van der Waals surface area contributed by atoms with Crippen molar-refractivity contribution in [2.75, 3.05) is 6.54 Å². The smallest absolute Gasteiger partial charge is 0.216 e. The third-order valence-electron chi connectivity index (χ3n) is 2.37. The quantitative estimate of drug-likeness (QED) is 0.735. The van der Waals surface area contributed by atoms with Crippen molar-refractivity contribution < 1.29 is 8.42 Å². The van der Waals surface area contributed by atoms with Gasteiger partial charge < -0.3 is 5.73 Å². The third kappa shape index (κ3) is 3.55. The second-order valence-electron chi connectivity index (χ2n) is 4.74. The Morgan fingerprint density at radius 2 is 1.71 bits per heavy atom. The van der Waals surface area contributed by atoms with Crippen LogP contribution in [0.25, 0.3) is 0 Å². The van der Waals surface area contributed by atoms with Crippen LogP contribution in [-0.4, -0.2) is 25.8 Å². The van der Waals surface area contributed by atoms with Gasteiger partial charge in [-0.05, 0) is 40.2 Å². The fraction of sp³-hybridized carbons (Fsp3) is 1.00. The highest BCUT2D eigenvalue weighted by Gasteiger charge is 2.30. The van der Waals surface area contributed by atoms with Gasteiger partial charge in [0.1, 0.15) is 0 Å². The Morgan fingerprint density at radius 3 is 2.00 bits per heavy atom. The first-order valence-corrected chi connectivity index (χ1v) is 6.32. The van der Waals surface area contributed by atoms with E-state index >= 15 is 0 Å². The summed E-state index contributed by atoms with van der Waals surface area (Å²) >= 11 is 0. The summed E-state index contributed by atoms with van der Waals surface area (Å²) in [4.78, 5) is 0. The molecule has 0 amide bonds. The first-order valence-electron chi connectivity index (χ1n) is 4.83. The topological polar surface area (TPSA) is 72.2 Å². The number of hydrogen-bond donors (Lipinski definition) is 2. The van der Waals surface area contributed by atoms with E-state index in [9.17, 15) is 8.42 Å². The fourth-order valence-electron chi connectivity index (χ4n) is 0.742. The Bertz CT molecular complexity index is 267. The van der Waals surface area contributed by atoms with E-state index in [1.165, 1.54) is 0 Å². The van der Waals surface area contributed by atoms with Crippen LogP contribution in [0.15, 0.2) is 0 Å². The number of rotatable bonds is 4. The molecule has 0 fully saturated rings. The lowest BCUT2D eigenvalue weighted by atomic mass is 10.1. The zero-order chi connectivity index (χ0) is 11.6. The van der Waals surface area contributed by atoms with Gasteiger partial charge in [0.15, 0.2) is 0 Å². The van der Waals surface area contributed by atoms with E-state index in [0.717, 1.165) is 0 Å². The van der Waals surface area contributed by atoms with Crippen molar-refractivity contribution in [3.63, 3.8) is 0 Å². The largest absolute Gasteiger partial charge is 0.330 e. The van der Waals surface area contributed by atoms with Crippen LogP contribution in [0.5, 0.6) is 0 Å². The molecule has 0 aliphatic rings. The monoisotopic (exact) mass is 222 g/mol. The van der Waals surface area contributed by atoms with E-state index in [1.807, 2.05) is 13.8 Å². The molecular formula is C9H22N2O2S. The summed E-state index contributed by atoms with van der Waals surface area (Å²) < 4.78 is 25.3. The molecule has 0 aromatic rings. The Kier molecular flexibility index (Phi) is 4.55. The summed E-state index contributed by atoms with van der Waals surface area (Å²) in [6.07, 6.45) is 0. The second kappa shape index (κ2) is 4.59. The normalized spacial score (nSPS) is 17.9. The van der Waals surface area contributed by atoms with Gasteiger partial charge in [0, 0.05) is 6.04 Å². The zero-order valence-corrected chi connectivity index (χ0v) is 10.5. The van der Waals surface area contributed by atoms with E-state index in [1.54, 1.807) is 20.8 Å². The minimum atomic E-state index is -3.26. The third-order valence-corrected chi connectivity index (χ3v) is 4.67. The van der Waals surface area contributed by atoms with Gasteiger partial charge in [-0.2, -0.15) is 0 Å². The van der Waals surface area contributed by atoms with E-state index in [0.29, 0.717) is 6.54 Å². The maximum absolute atomic E-state index is 11.7. The highest BCUT2D eigenvalue weighted by Crippen LogP contribution is 2.15. The van der Waals surface area contributed by atoms with Crippen LogP contribution >= 0.6 is 0 Å². The van der Waals surface area contributed by atoms with Gasteiger partial charge >= 0.3 is 0 Å². The molecule has 0 aliphatic carbocycles. The van der Waals surface area contributed by atoms with Crippen LogP contribution in [0.2, 0.25) is 0 Å². The molecule has 3 N–H and O–H groups in total. The maximum Gasteiger partial charge on any atom is 0.216 e. The summed E-state index contributed by atoms with van der Waals surface area (Å²) in [5, 5.41) is 0. The van der Waals surface area contributed by atoms with Crippen molar-refractivity contribution in [2.24, 2.45) is 11.7 Å². The predicted octanol–water partition coefficient (Wildman–Crippen LogP) is 0.688. The summed E-state index contributed by atoms with van der Waals surface area (Å²) in [6.45, 7) is 9.27. The average Bonchev–Trinajstić information content (AvgIpc) is 2.00. The summed E-state index contributed by atoms with van der Waals surface area (Å²) in [7, 11) is -3.26. The fourth-order valence-corrected chi connectivity index (χ4v) is 1.82. The Morgan fingerprint density at radius 1 is 1.29 bits per heavy atom. The first-order chi connectivity index (χ1) is 6.12. The minimum absolute atomic E-state index is 0.121. The Balaban J connectivity index is 4.54. The number of nitrogens with one attached hydrogen (secondary N) is 1. The molecule has 0 radical (unpaired) electrons. The summed E-state index contributed by atoms with van der Waals surface area (Å²) in [5.41, 5.74) is 5.47. The van der Waals surface area contributed by atoms with E-state index in [2.05, 4.69) is 4.72 Å². The molecule has 0 heterocycles. The molecular weight excluding hydrogens is 200 g/mol. The van der Waals surface area contributed by atoms with Crippen molar-refractivity contribution >= 4 is 10.0 Å². The van der Waals surface area contributed by atoms with E-state index < -0.39 is 14.8 Å². The molecule has 4 nitrogen and oxygen atoms in total. The van der Waals surface area contributed by atoms with Crippen LogP contribution in [-0.2, 0) is 10.0 Å². The molecule has 2 unspecified atom stereocenters. The van der Waals surface area contributed by atoms with Crippen LogP contribution in [0.3, 0.4) is 0 Å². The second-order valence-corrected chi connectivity index (χ2v) is 7.20. The van der Waals surface area contributed by atoms with Gasteiger partial charge in [-0.1, -0.05) is 6.92 Å². The van der Waals surface area contributed by atoms with Crippen molar-refractivity contribution in [3.8, 4) is 0 Å². The van der Waals surface area contributed by atoms with Crippen LogP contribution in [0.4, 0.5) is 0 Å². The van der Waals surface area contributed by atoms with Crippen LogP contribution < -0.4 is 10.5 Å². The van der Waals surface area contributed by atoms with E-state index in [4.69, 9.17) is 5.73 Å². The molecule has 0 spiro atoms. The van der Waals surface area contributed by atoms with Gasteiger partial charge in [0.2, 0.25) is 10.0 Å². The maximum atomic E-state index is 11.7. The van der Waals surface area contributed by atoms with Gasteiger partial charge in [-0.15, -0.1) is 0 Å². The van der Waals surface area contributed by atoms with Crippen molar-refractivity contribution in [1.29, 1.82) is 0 Å². The summed E-state index contributed by atoms with van der Waals surface area (Å²) in [6, 6.07) is -0.121. The molecule has 0 aromatic heterocycles. The van der Waals surface area contributed by atoms with Crippen LogP contribution in [0, 0.1) is 5.92 Å². The highest BCUT2D eigenvalue weighted by molar-refractivity contribution is 7.90. The molecule has 5 heteroatoms. The lowest BCUT2D eigenvalue weighted by Crippen LogP contribution is -2.46. The predicted molar refractivity (Wildman–Crippen MR) is 59.5 cm³/mol. The average molecular weight is 222 g/mol. The van der Waals surface area contributed by atoms with Gasteiger partial charge in [-0.3, -0.25) is 0 Å². The Labute approximate surface area is 87.3 Å². The number of hydrogen-bond acceptors (Lipinski definition) is 3. The highest BCUT2D eigenvalue weighted by atomic mass is 32.2. The van der Waals surface area contributed by atoms with Crippen molar-refractivity contribution in [2.45, 2.75) is 45.4 Å². The molecule has 0 rings (SSSR count). The Hall–Kier alpha value is -0.130. The molecule has 0 saturated carbocycles. The molecule has 14 heavy (non-hydrogen) atoms. The molecule has 0 bridgehead atoms. The molecule has 0 aliphatic heterocycles. The standard InChI is InChI=1S/C9H22N2O2S/c1-7(6-10)8(2)11-14(12,13)9(3,4)5/h7-8,11H,6,10H2,1-5H3. The van der Waals surface area contributed by atoms with Gasteiger partial charge in [0.05, 0.1) is 4.75 Å². The molecule has 86 valence electrons. The summed E-state index contributed by atoms with van der Waals surface area (Å²) in [5.74, 6) is 0.145. The lowest BCUT2D eigenvalue weighted by Gasteiger charge is -2.25. The van der Waals surface area contributed by atoms with Gasteiger partial charge in [0.25, 0.3) is 0 Å². The molecule has 0 saturated heterocycles. The number of nitrogens with two attached hydrogens (primary N) is 1. The first kappa shape index (κ1) is 13.9. The van der Waals surface area contributed by atoms with Crippen molar-refractivity contribution in [3.05, 3.63) is 0 Å². The SMILES string of the molecule is CC(CN)C(C)NS(=O)(=O)C(C)(C)C. The zero-order valence-electron chi connectivity index (χ0n) is 9.66. The van der Waals surface area contributed by atoms with Crippen molar-refractivity contribution in [1.82, 2.24) is 4.72 Å². The number of sulfonamides is 1. The van der Waals surface area contributed by atoms with E-state index in [-0.39, 0.29) is 12.0 Å². The molecule has 0 aromatic carbocycles. The van der Waals surface area contributed by atoms with Crippen LogP contribution in [0.1, 0.15) is 34.6 Å². The molecule has 2 atom stereocenters. The lowest BCUT2D eigenvalue weighted by molar-refractivity contribution is 0.445. The van der Waals surface area contributed by atoms with Gasteiger partial charge in [-0.25, -0.2) is 13.1 Å².